The quantitative estimate of drug-likeness (QED) is 0.573. The maximum absolute atomic E-state index is 10.2. The van der Waals surface area contributed by atoms with Gasteiger partial charge in [0.1, 0.15) is 5.75 Å². The van der Waals surface area contributed by atoms with E-state index in [0.29, 0.717) is 11.1 Å². The lowest BCUT2D eigenvalue weighted by Gasteiger charge is -2.27. The molecule has 0 saturated carbocycles. The molecule has 1 aromatic rings. The SMILES string of the molecule is C=C(/C=C(\C=C/C)C(O)(O)C(C)C)c1ccc(O)cc1C. The number of aromatic hydroxyl groups is 1. The molecule has 21 heavy (non-hydrogen) atoms. The highest BCUT2D eigenvalue weighted by molar-refractivity contribution is 5.76. The van der Waals surface area contributed by atoms with Crippen LogP contribution < -0.4 is 0 Å². The number of hydrogen-bond acceptors (Lipinski definition) is 3. The number of aliphatic hydroxyl groups is 2. The van der Waals surface area contributed by atoms with Crippen molar-refractivity contribution in [3.8, 4) is 5.75 Å². The summed E-state index contributed by atoms with van der Waals surface area (Å²) in [6.45, 7) is 11.2. The summed E-state index contributed by atoms with van der Waals surface area (Å²) in [6.07, 6.45) is 5.09. The molecule has 1 rings (SSSR count). The fourth-order valence-corrected chi connectivity index (χ4v) is 2.06. The van der Waals surface area contributed by atoms with Crippen molar-refractivity contribution in [1.29, 1.82) is 0 Å². The molecule has 0 saturated heterocycles. The molecule has 0 atom stereocenters. The van der Waals surface area contributed by atoms with E-state index in [0.717, 1.165) is 11.1 Å². The van der Waals surface area contributed by atoms with Gasteiger partial charge in [0.25, 0.3) is 0 Å². The van der Waals surface area contributed by atoms with Gasteiger partial charge in [-0.1, -0.05) is 38.6 Å². The number of rotatable bonds is 5. The summed E-state index contributed by atoms with van der Waals surface area (Å²) in [7, 11) is 0. The van der Waals surface area contributed by atoms with E-state index in [1.807, 2.05) is 13.8 Å². The van der Waals surface area contributed by atoms with Gasteiger partial charge in [0.2, 0.25) is 0 Å². The van der Waals surface area contributed by atoms with Gasteiger partial charge in [-0.25, -0.2) is 0 Å². The van der Waals surface area contributed by atoms with Crippen LogP contribution in [0.4, 0.5) is 0 Å². The zero-order valence-corrected chi connectivity index (χ0v) is 13.1. The van der Waals surface area contributed by atoms with Gasteiger partial charge in [-0.05, 0) is 48.8 Å². The summed E-state index contributed by atoms with van der Waals surface area (Å²) in [5.41, 5.74) is 2.78. The Kier molecular flexibility index (Phi) is 5.53. The number of phenols is 1. The largest absolute Gasteiger partial charge is 0.508 e. The molecule has 3 heteroatoms. The average molecular weight is 288 g/mol. The van der Waals surface area contributed by atoms with Crippen molar-refractivity contribution in [3.05, 3.63) is 59.7 Å². The molecule has 0 aliphatic rings. The number of aryl methyl sites for hydroxylation is 1. The zero-order chi connectivity index (χ0) is 16.2. The Morgan fingerprint density at radius 2 is 1.90 bits per heavy atom. The molecule has 3 N–H and O–H groups in total. The van der Waals surface area contributed by atoms with E-state index in [1.54, 1.807) is 50.3 Å². The second-order valence-corrected chi connectivity index (χ2v) is 5.50. The maximum Gasteiger partial charge on any atom is 0.192 e. The molecule has 0 spiro atoms. The normalized spacial score (nSPS) is 13.2. The summed E-state index contributed by atoms with van der Waals surface area (Å²) < 4.78 is 0. The Bertz CT molecular complexity index is 578. The van der Waals surface area contributed by atoms with Gasteiger partial charge >= 0.3 is 0 Å². The minimum absolute atomic E-state index is 0.197. The van der Waals surface area contributed by atoms with Crippen molar-refractivity contribution in [2.45, 2.75) is 33.5 Å². The van der Waals surface area contributed by atoms with Crippen molar-refractivity contribution in [2.75, 3.05) is 0 Å². The third kappa shape index (κ3) is 4.06. The first-order valence-corrected chi connectivity index (χ1v) is 6.98. The third-order valence-electron chi connectivity index (χ3n) is 3.46. The van der Waals surface area contributed by atoms with Crippen LogP contribution in [-0.4, -0.2) is 21.1 Å². The van der Waals surface area contributed by atoms with Gasteiger partial charge in [0.15, 0.2) is 5.79 Å². The predicted molar refractivity (Wildman–Crippen MR) is 86.8 cm³/mol. The lowest BCUT2D eigenvalue weighted by molar-refractivity contribution is -0.157. The molecule has 114 valence electrons. The van der Waals surface area contributed by atoms with Gasteiger partial charge in [-0.15, -0.1) is 0 Å². The van der Waals surface area contributed by atoms with Crippen molar-refractivity contribution < 1.29 is 15.3 Å². The Morgan fingerprint density at radius 1 is 1.29 bits per heavy atom. The van der Waals surface area contributed by atoms with Crippen LogP contribution in [0.15, 0.2) is 48.6 Å². The van der Waals surface area contributed by atoms with Crippen LogP contribution in [0.3, 0.4) is 0 Å². The number of hydrogen-bond donors (Lipinski definition) is 3. The lowest BCUT2D eigenvalue weighted by atomic mass is 9.91. The van der Waals surface area contributed by atoms with E-state index < -0.39 is 5.79 Å². The van der Waals surface area contributed by atoms with E-state index >= 15 is 0 Å². The van der Waals surface area contributed by atoms with Gasteiger partial charge < -0.3 is 15.3 Å². The van der Waals surface area contributed by atoms with E-state index in [4.69, 9.17) is 0 Å². The van der Waals surface area contributed by atoms with Crippen molar-refractivity contribution >= 4 is 5.57 Å². The van der Waals surface area contributed by atoms with Gasteiger partial charge in [0.05, 0.1) is 0 Å². The highest BCUT2D eigenvalue weighted by Gasteiger charge is 2.31. The molecule has 0 amide bonds. The summed E-state index contributed by atoms with van der Waals surface area (Å²) >= 11 is 0. The Balaban J connectivity index is 3.25. The molecule has 0 bridgehead atoms. The molecule has 0 heterocycles. The highest BCUT2D eigenvalue weighted by Crippen LogP contribution is 2.29. The molecular formula is C18H24O3. The van der Waals surface area contributed by atoms with Crippen LogP contribution >= 0.6 is 0 Å². The summed E-state index contributed by atoms with van der Waals surface area (Å²) in [5, 5.41) is 29.9. The van der Waals surface area contributed by atoms with Crippen molar-refractivity contribution in [1.82, 2.24) is 0 Å². The van der Waals surface area contributed by atoms with E-state index in [2.05, 4.69) is 6.58 Å². The first kappa shape index (κ1) is 17.2. The smallest absolute Gasteiger partial charge is 0.192 e. The predicted octanol–water partition coefficient (Wildman–Crippen LogP) is 3.55. The summed E-state index contributed by atoms with van der Waals surface area (Å²) in [6, 6.07) is 5.00. The molecule has 0 fully saturated rings. The first-order valence-electron chi connectivity index (χ1n) is 6.98. The monoisotopic (exact) mass is 288 g/mol. The summed E-state index contributed by atoms with van der Waals surface area (Å²) in [4.78, 5) is 0. The zero-order valence-electron chi connectivity index (χ0n) is 13.1. The standard InChI is InChI=1S/C18H24O3/c1-6-7-15(18(20,21)12(2)3)10-13(4)17-9-8-16(19)11-14(17)5/h6-12,19-21H,4H2,1-3,5H3/b7-6-,15-10+. The van der Waals surface area contributed by atoms with Crippen LogP contribution in [0.1, 0.15) is 31.9 Å². The second kappa shape index (κ2) is 6.74. The number of allylic oxidation sites excluding steroid dienone is 3. The van der Waals surface area contributed by atoms with Crippen LogP contribution in [0.2, 0.25) is 0 Å². The first-order chi connectivity index (χ1) is 9.70. The minimum atomic E-state index is -1.92. The Hall–Kier alpha value is -1.84. The Morgan fingerprint density at radius 3 is 2.38 bits per heavy atom. The van der Waals surface area contributed by atoms with Crippen LogP contribution in [-0.2, 0) is 0 Å². The van der Waals surface area contributed by atoms with Crippen LogP contribution in [0, 0.1) is 12.8 Å². The van der Waals surface area contributed by atoms with Gasteiger partial charge in [0, 0.05) is 11.5 Å². The third-order valence-corrected chi connectivity index (χ3v) is 3.46. The Labute approximate surface area is 126 Å². The fraction of sp³-hybridized carbons (Fsp3) is 0.333. The summed E-state index contributed by atoms with van der Waals surface area (Å²) in [5.74, 6) is -2.07. The molecule has 0 aliphatic heterocycles. The fourth-order valence-electron chi connectivity index (χ4n) is 2.06. The highest BCUT2D eigenvalue weighted by atomic mass is 16.5. The number of benzene rings is 1. The molecule has 0 unspecified atom stereocenters. The van der Waals surface area contributed by atoms with Crippen molar-refractivity contribution in [2.24, 2.45) is 5.92 Å². The van der Waals surface area contributed by atoms with E-state index in [-0.39, 0.29) is 11.7 Å². The van der Waals surface area contributed by atoms with Crippen LogP contribution in [0.25, 0.3) is 5.57 Å². The van der Waals surface area contributed by atoms with Crippen LogP contribution in [0.5, 0.6) is 5.75 Å². The molecule has 0 aromatic heterocycles. The van der Waals surface area contributed by atoms with Gasteiger partial charge in [-0.3, -0.25) is 0 Å². The number of phenolic OH excluding ortho intramolecular Hbond substituents is 1. The molecule has 3 nitrogen and oxygen atoms in total. The molecular weight excluding hydrogens is 264 g/mol. The van der Waals surface area contributed by atoms with Gasteiger partial charge in [-0.2, -0.15) is 0 Å². The van der Waals surface area contributed by atoms with Crippen molar-refractivity contribution in [3.63, 3.8) is 0 Å². The maximum atomic E-state index is 10.2. The molecule has 0 radical (unpaired) electrons. The average Bonchev–Trinajstić information content (AvgIpc) is 2.37. The minimum Gasteiger partial charge on any atom is -0.508 e. The van der Waals surface area contributed by atoms with E-state index in [1.165, 1.54) is 0 Å². The van der Waals surface area contributed by atoms with E-state index in [9.17, 15) is 15.3 Å². The lowest BCUT2D eigenvalue weighted by Crippen LogP contribution is -2.36. The molecule has 1 aromatic carbocycles. The molecule has 0 aliphatic carbocycles. The second-order valence-electron chi connectivity index (χ2n) is 5.50. The topological polar surface area (TPSA) is 60.7 Å².